The zero-order valence-corrected chi connectivity index (χ0v) is 12.8. The van der Waals surface area contributed by atoms with Crippen LogP contribution in [0.15, 0.2) is 48.8 Å². The first kappa shape index (κ1) is 14.3. The molecule has 1 aliphatic rings. The predicted molar refractivity (Wildman–Crippen MR) is 89.2 cm³/mol. The van der Waals surface area contributed by atoms with Crippen molar-refractivity contribution in [1.29, 1.82) is 0 Å². The van der Waals surface area contributed by atoms with Crippen molar-refractivity contribution in [2.45, 2.75) is 13.8 Å². The van der Waals surface area contributed by atoms with Crippen molar-refractivity contribution in [3.05, 3.63) is 59.9 Å². The van der Waals surface area contributed by atoms with E-state index in [2.05, 4.69) is 29.0 Å². The van der Waals surface area contributed by atoms with Crippen LogP contribution in [0.5, 0.6) is 0 Å². The maximum atomic E-state index is 13.0. The average Bonchev–Trinajstić information content (AvgIpc) is 2.68. The van der Waals surface area contributed by atoms with Gasteiger partial charge in [0.2, 0.25) is 0 Å². The standard InChI is InChI=1S/C18H19N3O/c1-3-21(4-2)12-15-13-8-5-6-10-16(13)20-18-14(17(15)22)9-7-11-19-18/h5-12H,3-4H2,1-2H3,(H,19,20)/b15-12+. The monoisotopic (exact) mass is 293 g/mol. The number of carbonyl (C=O) groups is 1. The molecule has 2 aromatic rings. The largest absolute Gasteiger partial charge is 0.377 e. The zero-order chi connectivity index (χ0) is 15.5. The van der Waals surface area contributed by atoms with Gasteiger partial charge in [0.1, 0.15) is 5.82 Å². The second-order valence-corrected chi connectivity index (χ2v) is 5.16. The summed E-state index contributed by atoms with van der Waals surface area (Å²) < 4.78 is 0. The summed E-state index contributed by atoms with van der Waals surface area (Å²) in [5.41, 5.74) is 3.14. The van der Waals surface area contributed by atoms with Crippen molar-refractivity contribution in [2.24, 2.45) is 0 Å². The van der Waals surface area contributed by atoms with Crippen LogP contribution >= 0.6 is 0 Å². The fourth-order valence-corrected chi connectivity index (χ4v) is 2.63. The first-order valence-corrected chi connectivity index (χ1v) is 7.56. The van der Waals surface area contributed by atoms with E-state index in [1.165, 1.54) is 0 Å². The normalized spacial score (nSPS) is 14.8. The van der Waals surface area contributed by atoms with Crippen molar-refractivity contribution >= 4 is 22.9 Å². The van der Waals surface area contributed by atoms with Crippen LogP contribution in [-0.2, 0) is 0 Å². The highest BCUT2D eigenvalue weighted by molar-refractivity contribution is 6.32. The lowest BCUT2D eigenvalue weighted by molar-refractivity contribution is 0.105. The number of pyridine rings is 1. The van der Waals surface area contributed by atoms with Gasteiger partial charge in [0.25, 0.3) is 0 Å². The summed E-state index contributed by atoms with van der Waals surface area (Å²) in [5, 5.41) is 3.28. The molecule has 4 nitrogen and oxygen atoms in total. The van der Waals surface area contributed by atoms with Gasteiger partial charge >= 0.3 is 0 Å². The van der Waals surface area contributed by atoms with Crippen molar-refractivity contribution in [2.75, 3.05) is 18.4 Å². The van der Waals surface area contributed by atoms with E-state index in [0.29, 0.717) is 17.0 Å². The number of carbonyl (C=O) groups excluding carboxylic acids is 1. The van der Waals surface area contributed by atoms with E-state index in [-0.39, 0.29) is 5.78 Å². The van der Waals surface area contributed by atoms with Gasteiger partial charge in [-0.2, -0.15) is 0 Å². The molecule has 1 aromatic carbocycles. The number of hydrogen-bond donors (Lipinski definition) is 1. The van der Waals surface area contributed by atoms with Gasteiger partial charge in [0, 0.05) is 42.3 Å². The summed E-state index contributed by atoms with van der Waals surface area (Å²) in [6.07, 6.45) is 3.66. The number of para-hydroxylation sites is 1. The van der Waals surface area contributed by atoms with Crippen molar-refractivity contribution in [3.63, 3.8) is 0 Å². The number of rotatable bonds is 3. The molecule has 0 saturated carbocycles. The van der Waals surface area contributed by atoms with Gasteiger partial charge in [-0.15, -0.1) is 0 Å². The SMILES string of the molecule is CCN(/C=C1/C(=O)c2cccnc2Nc2ccccc21)CC. The maximum absolute atomic E-state index is 13.0. The van der Waals surface area contributed by atoms with E-state index < -0.39 is 0 Å². The number of benzene rings is 1. The maximum Gasteiger partial charge on any atom is 0.198 e. The van der Waals surface area contributed by atoms with Crippen molar-refractivity contribution in [3.8, 4) is 0 Å². The molecular formula is C18H19N3O. The Bertz CT molecular complexity index is 733. The number of aromatic nitrogens is 1. The number of fused-ring (bicyclic) bond motifs is 2. The topological polar surface area (TPSA) is 45.2 Å². The minimum Gasteiger partial charge on any atom is -0.377 e. The third kappa shape index (κ3) is 2.48. The summed E-state index contributed by atoms with van der Waals surface area (Å²) in [5.74, 6) is 0.621. The van der Waals surface area contributed by atoms with Crippen LogP contribution in [0, 0.1) is 0 Å². The molecule has 0 aliphatic carbocycles. The number of ketones is 1. The zero-order valence-electron chi connectivity index (χ0n) is 12.8. The van der Waals surface area contributed by atoms with E-state index in [1.807, 2.05) is 36.5 Å². The first-order valence-electron chi connectivity index (χ1n) is 7.56. The molecule has 0 amide bonds. The molecule has 3 rings (SSSR count). The summed E-state index contributed by atoms with van der Waals surface area (Å²) >= 11 is 0. The second-order valence-electron chi connectivity index (χ2n) is 5.16. The van der Waals surface area contributed by atoms with Gasteiger partial charge in [0.05, 0.1) is 5.56 Å². The number of nitrogens with one attached hydrogen (secondary N) is 1. The highest BCUT2D eigenvalue weighted by Crippen LogP contribution is 2.34. The van der Waals surface area contributed by atoms with Crippen LogP contribution in [0.4, 0.5) is 11.5 Å². The molecule has 1 aliphatic heterocycles. The Hall–Kier alpha value is -2.62. The summed E-state index contributed by atoms with van der Waals surface area (Å²) in [6.45, 7) is 5.90. The van der Waals surface area contributed by atoms with Gasteiger partial charge in [-0.25, -0.2) is 4.98 Å². The lowest BCUT2D eigenvalue weighted by Crippen LogP contribution is -2.18. The van der Waals surface area contributed by atoms with Crippen molar-refractivity contribution in [1.82, 2.24) is 9.88 Å². The molecule has 1 N–H and O–H groups in total. The number of nitrogens with zero attached hydrogens (tertiary/aromatic N) is 2. The molecule has 0 bridgehead atoms. The summed E-state index contributed by atoms with van der Waals surface area (Å²) in [6, 6.07) is 11.5. The molecule has 112 valence electrons. The smallest absolute Gasteiger partial charge is 0.198 e. The molecule has 2 heterocycles. The number of Topliss-reactive ketones (excluding diaryl/α,β-unsaturated/α-hetero) is 1. The van der Waals surface area contributed by atoms with Gasteiger partial charge in [-0.1, -0.05) is 18.2 Å². The lowest BCUT2D eigenvalue weighted by atomic mass is 9.98. The van der Waals surface area contributed by atoms with Crippen LogP contribution in [0.2, 0.25) is 0 Å². The molecule has 0 atom stereocenters. The molecule has 0 spiro atoms. The Morgan fingerprint density at radius 3 is 2.59 bits per heavy atom. The third-order valence-corrected chi connectivity index (χ3v) is 3.89. The minimum atomic E-state index is 0.00690. The van der Waals surface area contributed by atoms with Crippen LogP contribution in [0.25, 0.3) is 5.57 Å². The number of anilines is 2. The van der Waals surface area contributed by atoms with E-state index in [9.17, 15) is 4.79 Å². The minimum absolute atomic E-state index is 0.00690. The molecule has 0 fully saturated rings. The highest BCUT2D eigenvalue weighted by atomic mass is 16.1. The molecule has 0 saturated heterocycles. The molecular weight excluding hydrogens is 274 g/mol. The number of allylic oxidation sites excluding steroid dienone is 1. The molecule has 1 aromatic heterocycles. The Balaban J connectivity index is 2.21. The van der Waals surface area contributed by atoms with E-state index >= 15 is 0 Å². The van der Waals surface area contributed by atoms with E-state index in [1.54, 1.807) is 12.3 Å². The van der Waals surface area contributed by atoms with Crippen LogP contribution in [0.1, 0.15) is 29.8 Å². The first-order chi connectivity index (χ1) is 10.7. The Morgan fingerprint density at radius 2 is 1.82 bits per heavy atom. The van der Waals surface area contributed by atoms with E-state index in [0.717, 1.165) is 24.3 Å². The molecule has 0 radical (unpaired) electrons. The molecule has 4 heteroatoms. The lowest BCUT2D eigenvalue weighted by Gasteiger charge is -2.18. The fraction of sp³-hybridized carbons (Fsp3) is 0.222. The Labute approximate surface area is 130 Å². The average molecular weight is 293 g/mol. The highest BCUT2D eigenvalue weighted by Gasteiger charge is 2.25. The van der Waals surface area contributed by atoms with Crippen LogP contribution in [0.3, 0.4) is 0 Å². The third-order valence-electron chi connectivity index (χ3n) is 3.89. The fourth-order valence-electron chi connectivity index (χ4n) is 2.63. The number of hydrogen-bond acceptors (Lipinski definition) is 4. The van der Waals surface area contributed by atoms with Gasteiger partial charge in [-0.3, -0.25) is 4.79 Å². The Morgan fingerprint density at radius 1 is 1.09 bits per heavy atom. The quantitative estimate of drug-likeness (QED) is 0.876. The predicted octanol–water partition coefficient (Wildman–Crippen LogP) is 3.70. The van der Waals surface area contributed by atoms with Crippen LogP contribution < -0.4 is 5.32 Å². The van der Waals surface area contributed by atoms with Gasteiger partial charge in [0.15, 0.2) is 5.78 Å². The van der Waals surface area contributed by atoms with Gasteiger partial charge < -0.3 is 10.2 Å². The van der Waals surface area contributed by atoms with Crippen LogP contribution in [-0.4, -0.2) is 28.8 Å². The molecule has 0 unspecified atom stereocenters. The van der Waals surface area contributed by atoms with Gasteiger partial charge in [-0.05, 0) is 32.0 Å². The summed E-state index contributed by atoms with van der Waals surface area (Å²) in [7, 11) is 0. The molecule has 22 heavy (non-hydrogen) atoms. The van der Waals surface area contributed by atoms with E-state index in [4.69, 9.17) is 0 Å². The van der Waals surface area contributed by atoms with Crippen molar-refractivity contribution < 1.29 is 4.79 Å². The summed E-state index contributed by atoms with van der Waals surface area (Å²) in [4.78, 5) is 19.4. The Kier molecular flexibility index (Phi) is 3.92. The second kappa shape index (κ2) is 6.02.